The SMILES string of the molecule is COc1cccc(-c2cn(CC3CCOCC3)c(C(C)(C)C)n2)c1. The first kappa shape index (κ1) is 17.0. The predicted octanol–water partition coefficient (Wildman–Crippen LogP) is 4.28. The molecular weight excluding hydrogens is 300 g/mol. The third-order valence-corrected chi connectivity index (χ3v) is 4.61. The number of nitrogens with zero attached hydrogens (tertiary/aromatic N) is 2. The summed E-state index contributed by atoms with van der Waals surface area (Å²) in [7, 11) is 1.70. The number of rotatable bonds is 4. The lowest BCUT2D eigenvalue weighted by atomic mass is 9.94. The molecular formula is C20H28N2O2. The number of benzene rings is 1. The Morgan fingerprint density at radius 3 is 2.67 bits per heavy atom. The molecule has 0 aliphatic carbocycles. The van der Waals surface area contributed by atoms with Gasteiger partial charge in [-0.2, -0.15) is 0 Å². The molecule has 1 aromatic carbocycles. The monoisotopic (exact) mass is 328 g/mol. The van der Waals surface area contributed by atoms with Crippen LogP contribution in [0.2, 0.25) is 0 Å². The number of methoxy groups -OCH3 is 1. The summed E-state index contributed by atoms with van der Waals surface area (Å²) in [6, 6.07) is 8.12. The molecule has 1 aromatic heterocycles. The number of hydrogen-bond acceptors (Lipinski definition) is 3. The molecule has 0 atom stereocenters. The second kappa shape index (κ2) is 6.98. The summed E-state index contributed by atoms with van der Waals surface area (Å²) >= 11 is 0. The summed E-state index contributed by atoms with van der Waals surface area (Å²) in [5, 5.41) is 0. The molecule has 0 amide bonds. The molecule has 2 heterocycles. The van der Waals surface area contributed by atoms with Crippen LogP contribution in [0.3, 0.4) is 0 Å². The molecule has 2 aromatic rings. The average molecular weight is 328 g/mol. The largest absolute Gasteiger partial charge is 0.497 e. The minimum atomic E-state index is 0.0162. The maximum Gasteiger partial charge on any atom is 0.119 e. The maximum atomic E-state index is 5.50. The van der Waals surface area contributed by atoms with Gasteiger partial charge in [0.15, 0.2) is 0 Å². The first-order valence-electron chi connectivity index (χ1n) is 8.77. The number of hydrogen-bond donors (Lipinski definition) is 0. The minimum Gasteiger partial charge on any atom is -0.497 e. The van der Waals surface area contributed by atoms with E-state index in [0.717, 1.165) is 55.4 Å². The van der Waals surface area contributed by atoms with Gasteiger partial charge in [0.05, 0.1) is 12.8 Å². The smallest absolute Gasteiger partial charge is 0.119 e. The molecule has 1 aliphatic heterocycles. The van der Waals surface area contributed by atoms with Crippen LogP contribution in [0.5, 0.6) is 5.75 Å². The Labute approximate surface area is 144 Å². The predicted molar refractivity (Wildman–Crippen MR) is 96.5 cm³/mol. The van der Waals surface area contributed by atoms with E-state index >= 15 is 0 Å². The summed E-state index contributed by atoms with van der Waals surface area (Å²) in [6.07, 6.45) is 4.47. The molecule has 3 rings (SSSR count). The molecule has 24 heavy (non-hydrogen) atoms. The second-order valence-corrected chi connectivity index (χ2v) is 7.64. The van der Waals surface area contributed by atoms with E-state index in [1.54, 1.807) is 7.11 Å². The van der Waals surface area contributed by atoms with Crippen molar-refractivity contribution in [2.75, 3.05) is 20.3 Å². The topological polar surface area (TPSA) is 36.3 Å². The van der Waals surface area contributed by atoms with Crippen molar-refractivity contribution in [1.29, 1.82) is 0 Å². The summed E-state index contributed by atoms with van der Waals surface area (Å²) in [6.45, 7) is 9.47. The highest BCUT2D eigenvalue weighted by molar-refractivity contribution is 5.61. The highest BCUT2D eigenvalue weighted by Gasteiger charge is 2.24. The molecule has 0 saturated carbocycles. The van der Waals surface area contributed by atoms with Gasteiger partial charge in [-0.05, 0) is 30.9 Å². The lowest BCUT2D eigenvalue weighted by Crippen LogP contribution is -2.24. The van der Waals surface area contributed by atoms with Crippen molar-refractivity contribution in [3.63, 3.8) is 0 Å². The Morgan fingerprint density at radius 1 is 1.25 bits per heavy atom. The Hall–Kier alpha value is -1.81. The van der Waals surface area contributed by atoms with Crippen molar-refractivity contribution in [1.82, 2.24) is 9.55 Å². The fourth-order valence-corrected chi connectivity index (χ4v) is 3.28. The van der Waals surface area contributed by atoms with E-state index in [1.165, 1.54) is 0 Å². The summed E-state index contributed by atoms with van der Waals surface area (Å²) in [5.41, 5.74) is 2.14. The van der Waals surface area contributed by atoms with E-state index in [-0.39, 0.29) is 5.41 Å². The number of aromatic nitrogens is 2. The second-order valence-electron chi connectivity index (χ2n) is 7.64. The molecule has 0 bridgehead atoms. The van der Waals surface area contributed by atoms with Crippen molar-refractivity contribution in [3.8, 4) is 17.0 Å². The Morgan fingerprint density at radius 2 is 2.00 bits per heavy atom. The van der Waals surface area contributed by atoms with Crippen LogP contribution in [0.4, 0.5) is 0 Å². The van der Waals surface area contributed by atoms with Crippen molar-refractivity contribution in [3.05, 3.63) is 36.3 Å². The van der Waals surface area contributed by atoms with Crippen LogP contribution in [0.25, 0.3) is 11.3 Å². The van der Waals surface area contributed by atoms with Crippen LogP contribution in [-0.2, 0) is 16.7 Å². The van der Waals surface area contributed by atoms with E-state index in [0.29, 0.717) is 5.92 Å². The van der Waals surface area contributed by atoms with Gasteiger partial charge < -0.3 is 14.0 Å². The van der Waals surface area contributed by atoms with Gasteiger partial charge in [-0.15, -0.1) is 0 Å². The number of imidazole rings is 1. The van der Waals surface area contributed by atoms with Gasteiger partial charge in [-0.1, -0.05) is 32.9 Å². The Balaban J connectivity index is 1.93. The van der Waals surface area contributed by atoms with Crippen LogP contribution in [-0.4, -0.2) is 29.9 Å². The number of ether oxygens (including phenoxy) is 2. The molecule has 1 aliphatic rings. The highest BCUT2D eigenvalue weighted by atomic mass is 16.5. The molecule has 130 valence electrons. The van der Waals surface area contributed by atoms with Crippen LogP contribution in [0.1, 0.15) is 39.4 Å². The zero-order valence-electron chi connectivity index (χ0n) is 15.2. The van der Waals surface area contributed by atoms with E-state index < -0.39 is 0 Å². The van der Waals surface area contributed by atoms with E-state index in [1.807, 2.05) is 18.2 Å². The maximum absolute atomic E-state index is 5.50. The molecule has 0 N–H and O–H groups in total. The van der Waals surface area contributed by atoms with Gasteiger partial charge in [0.2, 0.25) is 0 Å². The highest BCUT2D eigenvalue weighted by Crippen LogP contribution is 2.29. The van der Waals surface area contributed by atoms with E-state index in [4.69, 9.17) is 14.5 Å². The van der Waals surface area contributed by atoms with Crippen LogP contribution < -0.4 is 4.74 Å². The van der Waals surface area contributed by atoms with Crippen molar-refractivity contribution >= 4 is 0 Å². The van der Waals surface area contributed by atoms with E-state index in [9.17, 15) is 0 Å². The summed E-state index contributed by atoms with van der Waals surface area (Å²) in [5.74, 6) is 2.68. The van der Waals surface area contributed by atoms with Gasteiger partial charge in [-0.3, -0.25) is 0 Å². The molecule has 0 unspecified atom stereocenters. The Bertz CT molecular complexity index is 679. The minimum absolute atomic E-state index is 0.0162. The summed E-state index contributed by atoms with van der Waals surface area (Å²) < 4.78 is 13.2. The molecule has 0 radical (unpaired) electrons. The quantitative estimate of drug-likeness (QED) is 0.840. The molecule has 1 fully saturated rings. The van der Waals surface area contributed by atoms with E-state index in [2.05, 4.69) is 37.6 Å². The molecule has 0 spiro atoms. The standard InChI is InChI=1S/C20H28N2O2/c1-20(2,3)19-21-18(16-6-5-7-17(12-16)23-4)14-22(19)13-15-8-10-24-11-9-15/h5-7,12,14-15H,8-11,13H2,1-4H3. The first-order valence-corrected chi connectivity index (χ1v) is 8.77. The summed E-state index contributed by atoms with van der Waals surface area (Å²) in [4.78, 5) is 4.97. The van der Waals surface area contributed by atoms with Crippen molar-refractivity contribution in [2.45, 2.75) is 45.6 Å². The van der Waals surface area contributed by atoms with Crippen LogP contribution in [0.15, 0.2) is 30.5 Å². The van der Waals surface area contributed by atoms with Gasteiger partial charge in [0.1, 0.15) is 11.6 Å². The van der Waals surface area contributed by atoms with Crippen LogP contribution >= 0.6 is 0 Å². The van der Waals surface area contributed by atoms with Crippen molar-refractivity contribution in [2.24, 2.45) is 5.92 Å². The Kier molecular flexibility index (Phi) is 4.95. The van der Waals surface area contributed by atoms with Gasteiger partial charge in [0.25, 0.3) is 0 Å². The fourth-order valence-electron chi connectivity index (χ4n) is 3.28. The fraction of sp³-hybridized carbons (Fsp3) is 0.550. The normalized spacial score (nSPS) is 16.3. The molecule has 1 saturated heterocycles. The average Bonchev–Trinajstić information content (AvgIpc) is 3.00. The lowest BCUT2D eigenvalue weighted by molar-refractivity contribution is 0.0608. The third kappa shape index (κ3) is 3.81. The zero-order chi connectivity index (χ0) is 17.2. The lowest BCUT2D eigenvalue weighted by Gasteiger charge is -2.25. The van der Waals surface area contributed by atoms with Crippen molar-refractivity contribution < 1.29 is 9.47 Å². The van der Waals surface area contributed by atoms with Gasteiger partial charge >= 0.3 is 0 Å². The third-order valence-electron chi connectivity index (χ3n) is 4.61. The first-order chi connectivity index (χ1) is 11.5. The zero-order valence-corrected chi connectivity index (χ0v) is 15.2. The van der Waals surface area contributed by atoms with Gasteiger partial charge in [0, 0.05) is 36.9 Å². The van der Waals surface area contributed by atoms with Gasteiger partial charge in [-0.25, -0.2) is 4.98 Å². The van der Waals surface area contributed by atoms with Crippen LogP contribution in [0, 0.1) is 5.92 Å². The molecule has 4 heteroatoms. The molecule has 4 nitrogen and oxygen atoms in total.